The Morgan fingerprint density at radius 2 is 1.58 bits per heavy atom. The van der Waals surface area contributed by atoms with Gasteiger partial charge in [0.05, 0.1) is 25.5 Å². The number of hydrogen-bond donors (Lipinski definition) is 3. The largest absolute Gasteiger partial charge is 0.497 e. The number of carbonyl (C=O) groups is 3. The van der Waals surface area contributed by atoms with Crippen LogP contribution in [-0.4, -0.2) is 44.6 Å². The van der Waals surface area contributed by atoms with Crippen LogP contribution in [0.2, 0.25) is 0 Å². The maximum absolute atomic E-state index is 13.0. The SMILES string of the molecule is COc1cccc(NC(=O)c2ccccc2NC(=O)c2ccc(OCC(=O)NC(C)C)c(OC)c2)c1. The monoisotopic (exact) mass is 491 g/mol. The Bertz CT molecular complexity index is 1240. The lowest BCUT2D eigenvalue weighted by molar-refractivity contribution is -0.123. The highest BCUT2D eigenvalue weighted by Crippen LogP contribution is 2.29. The van der Waals surface area contributed by atoms with Gasteiger partial charge in [-0.2, -0.15) is 0 Å². The van der Waals surface area contributed by atoms with E-state index in [9.17, 15) is 14.4 Å². The average Bonchev–Trinajstić information content (AvgIpc) is 2.87. The van der Waals surface area contributed by atoms with Crippen molar-refractivity contribution in [3.8, 4) is 17.2 Å². The molecule has 3 aromatic carbocycles. The summed E-state index contributed by atoms with van der Waals surface area (Å²) in [6.45, 7) is 3.52. The van der Waals surface area contributed by atoms with Crippen LogP contribution in [0.15, 0.2) is 66.7 Å². The Labute approximate surface area is 209 Å². The number of anilines is 2. The fourth-order valence-electron chi connectivity index (χ4n) is 3.32. The minimum atomic E-state index is -0.445. The molecule has 9 heteroatoms. The lowest BCUT2D eigenvalue weighted by atomic mass is 10.1. The van der Waals surface area contributed by atoms with Crippen molar-refractivity contribution in [1.82, 2.24) is 5.32 Å². The van der Waals surface area contributed by atoms with Crippen molar-refractivity contribution in [2.45, 2.75) is 19.9 Å². The topological polar surface area (TPSA) is 115 Å². The average molecular weight is 492 g/mol. The molecule has 0 saturated heterocycles. The van der Waals surface area contributed by atoms with E-state index in [2.05, 4.69) is 16.0 Å². The Hall–Kier alpha value is -4.53. The van der Waals surface area contributed by atoms with E-state index < -0.39 is 5.91 Å². The molecule has 36 heavy (non-hydrogen) atoms. The van der Waals surface area contributed by atoms with Gasteiger partial charge in [-0.15, -0.1) is 0 Å². The first-order chi connectivity index (χ1) is 17.3. The van der Waals surface area contributed by atoms with Crippen LogP contribution < -0.4 is 30.2 Å². The van der Waals surface area contributed by atoms with Gasteiger partial charge in [0.25, 0.3) is 17.7 Å². The van der Waals surface area contributed by atoms with E-state index in [4.69, 9.17) is 14.2 Å². The number of amides is 3. The Morgan fingerprint density at radius 1 is 0.806 bits per heavy atom. The maximum Gasteiger partial charge on any atom is 0.258 e. The number of methoxy groups -OCH3 is 2. The molecule has 0 aliphatic carbocycles. The standard InChI is InChI=1S/C27H29N3O6/c1-17(2)28-25(31)16-36-23-13-12-18(14-24(23)35-4)26(32)30-22-11-6-5-10-21(22)27(33)29-19-8-7-9-20(15-19)34-3/h5-15,17H,16H2,1-4H3,(H,28,31)(H,29,33)(H,30,32). The van der Waals surface area contributed by atoms with Crippen LogP contribution in [0.4, 0.5) is 11.4 Å². The molecule has 0 spiro atoms. The van der Waals surface area contributed by atoms with Crippen molar-refractivity contribution in [2.24, 2.45) is 0 Å². The third-order valence-corrected chi connectivity index (χ3v) is 4.98. The summed E-state index contributed by atoms with van der Waals surface area (Å²) in [5.41, 5.74) is 1.47. The second-order valence-electron chi connectivity index (χ2n) is 8.06. The van der Waals surface area contributed by atoms with Crippen LogP contribution in [0.1, 0.15) is 34.6 Å². The third-order valence-electron chi connectivity index (χ3n) is 4.98. The number of benzene rings is 3. The normalized spacial score (nSPS) is 10.4. The smallest absolute Gasteiger partial charge is 0.258 e. The molecule has 0 aromatic heterocycles. The Kier molecular flexibility index (Phi) is 8.88. The Morgan fingerprint density at radius 3 is 2.31 bits per heavy atom. The number of hydrogen-bond acceptors (Lipinski definition) is 6. The predicted octanol–water partition coefficient (Wildman–Crippen LogP) is 4.11. The van der Waals surface area contributed by atoms with Gasteiger partial charge in [0.2, 0.25) is 0 Å². The predicted molar refractivity (Wildman–Crippen MR) is 137 cm³/mol. The third kappa shape index (κ3) is 6.99. The minimum absolute atomic E-state index is 0.00505. The van der Waals surface area contributed by atoms with Crippen LogP contribution in [0.5, 0.6) is 17.2 Å². The number of rotatable bonds is 10. The van der Waals surface area contributed by atoms with Crippen molar-refractivity contribution in [2.75, 3.05) is 31.5 Å². The first-order valence-corrected chi connectivity index (χ1v) is 11.3. The molecule has 0 atom stereocenters. The summed E-state index contributed by atoms with van der Waals surface area (Å²) in [5.74, 6) is 0.128. The van der Waals surface area contributed by atoms with E-state index in [0.717, 1.165) is 0 Å². The van der Waals surface area contributed by atoms with E-state index in [0.29, 0.717) is 28.6 Å². The molecule has 0 heterocycles. The maximum atomic E-state index is 13.0. The summed E-state index contributed by atoms with van der Waals surface area (Å²) in [6, 6.07) is 18.3. The van der Waals surface area contributed by atoms with Gasteiger partial charge in [-0.05, 0) is 56.3 Å². The second-order valence-corrected chi connectivity index (χ2v) is 8.06. The van der Waals surface area contributed by atoms with E-state index >= 15 is 0 Å². The second kappa shape index (κ2) is 12.3. The van der Waals surface area contributed by atoms with Crippen molar-refractivity contribution >= 4 is 29.1 Å². The van der Waals surface area contributed by atoms with Crippen molar-refractivity contribution in [3.63, 3.8) is 0 Å². The summed E-state index contributed by atoms with van der Waals surface area (Å²) in [7, 11) is 2.99. The fourth-order valence-corrected chi connectivity index (χ4v) is 3.32. The highest BCUT2D eigenvalue weighted by Gasteiger charge is 2.17. The summed E-state index contributed by atoms with van der Waals surface area (Å²) < 4.78 is 16.1. The molecular formula is C27H29N3O6. The van der Waals surface area contributed by atoms with Gasteiger partial charge in [-0.25, -0.2) is 0 Å². The van der Waals surface area contributed by atoms with Gasteiger partial charge in [-0.3, -0.25) is 14.4 Å². The Balaban J connectivity index is 1.73. The quantitative estimate of drug-likeness (QED) is 0.393. The molecule has 0 bridgehead atoms. The zero-order chi connectivity index (χ0) is 26.1. The number of carbonyl (C=O) groups excluding carboxylic acids is 3. The fraction of sp³-hybridized carbons (Fsp3) is 0.222. The van der Waals surface area contributed by atoms with Gasteiger partial charge in [0.15, 0.2) is 18.1 Å². The highest BCUT2D eigenvalue weighted by molar-refractivity contribution is 6.12. The van der Waals surface area contributed by atoms with E-state index in [1.165, 1.54) is 13.2 Å². The molecule has 3 aromatic rings. The van der Waals surface area contributed by atoms with Gasteiger partial charge in [0.1, 0.15) is 5.75 Å². The summed E-state index contributed by atoms with van der Waals surface area (Å²) >= 11 is 0. The molecule has 0 radical (unpaired) electrons. The molecule has 3 rings (SSSR count). The van der Waals surface area contributed by atoms with Crippen LogP contribution in [0.25, 0.3) is 0 Å². The van der Waals surface area contributed by atoms with E-state index in [1.807, 2.05) is 13.8 Å². The summed E-state index contributed by atoms with van der Waals surface area (Å²) in [5, 5.41) is 8.32. The molecule has 0 aliphatic rings. The van der Waals surface area contributed by atoms with Gasteiger partial charge in [0, 0.05) is 23.4 Å². The van der Waals surface area contributed by atoms with Crippen molar-refractivity contribution in [3.05, 3.63) is 77.9 Å². The molecule has 188 valence electrons. The number of nitrogens with one attached hydrogen (secondary N) is 3. The lowest BCUT2D eigenvalue weighted by Crippen LogP contribution is -2.34. The summed E-state index contributed by atoms with van der Waals surface area (Å²) in [6.07, 6.45) is 0. The summed E-state index contributed by atoms with van der Waals surface area (Å²) in [4.78, 5) is 37.8. The molecule has 9 nitrogen and oxygen atoms in total. The van der Waals surface area contributed by atoms with Crippen LogP contribution >= 0.6 is 0 Å². The molecule has 0 fully saturated rings. The first-order valence-electron chi connectivity index (χ1n) is 11.3. The van der Waals surface area contributed by atoms with Crippen LogP contribution in [0, 0.1) is 0 Å². The minimum Gasteiger partial charge on any atom is -0.497 e. The molecule has 0 saturated carbocycles. The van der Waals surface area contributed by atoms with E-state index in [1.54, 1.807) is 67.8 Å². The van der Waals surface area contributed by atoms with Crippen molar-refractivity contribution in [1.29, 1.82) is 0 Å². The molecule has 3 amide bonds. The number of ether oxygens (including phenoxy) is 3. The first kappa shape index (κ1) is 26.1. The van der Waals surface area contributed by atoms with Crippen LogP contribution in [-0.2, 0) is 4.79 Å². The van der Waals surface area contributed by atoms with Crippen molar-refractivity contribution < 1.29 is 28.6 Å². The molecular weight excluding hydrogens is 462 g/mol. The number of para-hydroxylation sites is 1. The molecule has 0 unspecified atom stereocenters. The zero-order valence-corrected chi connectivity index (χ0v) is 20.6. The highest BCUT2D eigenvalue weighted by atomic mass is 16.5. The molecule has 0 aliphatic heterocycles. The van der Waals surface area contributed by atoms with E-state index in [-0.39, 0.29) is 35.6 Å². The van der Waals surface area contributed by atoms with Crippen LogP contribution in [0.3, 0.4) is 0 Å². The zero-order valence-electron chi connectivity index (χ0n) is 20.6. The van der Waals surface area contributed by atoms with Gasteiger partial charge >= 0.3 is 0 Å². The van der Waals surface area contributed by atoms with Gasteiger partial charge in [-0.1, -0.05) is 18.2 Å². The lowest BCUT2D eigenvalue weighted by Gasteiger charge is -2.14. The molecule has 3 N–H and O–H groups in total. The van der Waals surface area contributed by atoms with Gasteiger partial charge < -0.3 is 30.2 Å².